The summed E-state index contributed by atoms with van der Waals surface area (Å²) in [7, 11) is 0. The van der Waals surface area contributed by atoms with Gasteiger partial charge >= 0.3 is 0 Å². The van der Waals surface area contributed by atoms with Crippen molar-refractivity contribution in [2.24, 2.45) is 0 Å². The molecule has 0 aliphatic heterocycles. The largest absolute Gasteiger partial charge is 0.351 e. The van der Waals surface area contributed by atoms with Crippen molar-refractivity contribution in [1.29, 1.82) is 0 Å². The summed E-state index contributed by atoms with van der Waals surface area (Å²) >= 11 is 1.80. The Kier molecular flexibility index (Phi) is 4.20. The molecule has 0 aliphatic rings. The third-order valence-electron chi connectivity index (χ3n) is 2.84. The van der Waals surface area contributed by atoms with E-state index in [-0.39, 0.29) is 0 Å². The van der Waals surface area contributed by atoms with E-state index in [1.54, 1.807) is 11.3 Å². The lowest BCUT2D eigenvalue weighted by Gasteiger charge is -2.08. The van der Waals surface area contributed by atoms with Gasteiger partial charge < -0.3 is 9.88 Å². The van der Waals surface area contributed by atoms with Gasteiger partial charge in [0.25, 0.3) is 0 Å². The van der Waals surface area contributed by atoms with Crippen LogP contribution in [0.3, 0.4) is 0 Å². The second kappa shape index (κ2) is 5.87. The summed E-state index contributed by atoms with van der Waals surface area (Å²) in [6.45, 7) is 6.27. The smallest absolute Gasteiger partial charge is 0.203 e. The molecule has 0 aromatic carbocycles. The lowest BCUT2D eigenvalue weighted by atomic mass is 10.3. The molecule has 3 nitrogen and oxygen atoms in total. The van der Waals surface area contributed by atoms with E-state index in [1.807, 2.05) is 12.4 Å². The topological polar surface area (TPSA) is 29.9 Å². The van der Waals surface area contributed by atoms with E-state index in [2.05, 4.69) is 40.2 Å². The van der Waals surface area contributed by atoms with Gasteiger partial charge in [-0.15, -0.1) is 11.3 Å². The first-order valence-electron chi connectivity index (χ1n) is 6.09. The van der Waals surface area contributed by atoms with Gasteiger partial charge in [-0.25, -0.2) is 4.98 Å². The molecule has 0 spiro atoms. The standard InChI is InChI=1S/C13H19N3S/c1-3-4-7-16-8-6-14-13(16)15-10-12-11(2)5-9-17-12/h5-6,8-9H,3-4,7,10H2,1-2H3,(H,14,15). The maximum Gasteiger partial charge on any atom is 0.203 e. The predicted molar refractivity (Wildman–Crippen MR) is 73.5 cm³/mol. The summed E-state index contributed by atoms with van der Waals surface area (Å²) in [6, 6.07) is 2.16. The summed E-state index contributed by atoms with van der Waals surface area (Å²) in [5.41, 5.74) is 1.36. The molecule has 0 fully saturated rings. The number of unbranched alkanes of at least 4 members (excludes halogenated alkanes) is 1. The molecule has 2 heterocycles. The van der Waals surface area contributed by atoms with Gasteiger partial charge in [0, 0.05) is 23.8 Å². The molecule has 0 saturated carbocycles. The van der Waals surface area contributed by atoms with Crippen LogP contribution < -0.4 is 5.32 Å². The van der Waals surface area contributed by atoms with Crippen LogP contribution in [0.2, 0.25) is 0 Å². The molecule has 0 atom stereocenters. The number of thiophene rings is 1. The molecule has 0 radical (unpaired) electrons. The molecule has 0 unspecified atom stereocenters. The number of aryl methyl sites for hydroxylation is 2. The van der Waals surface area contributed by atoms with Gasteiger partial charge in [0.1, 0.15) is 0 Å². The van der Waals surface area contributed by atoms with E-state index in [1.165, 1.54) is 23.3 Å². The van der Waals surface area contributed by atoms with E-state index in [4.69, 9.17) is 0 Å². The van der Waals surface area contributed by atoms with E-state index < -0.39 is 0 Å². The molecule has 2 rings (SSSR count). The van der Waals surface area contributed by atoms with Gasteiger partial charge in [-0.05, 0) is 30.4 Å². The van der Waals surface area contributed by atoms with Gasteiger partial charge in [-0.3, -0.25) is 0 Å². The van der Waals surface area contributed by atoms with Crippen molar-refractivity contribution in [2.45, 2.75) is 39.8 Å². The van der Waals surface area contributed by atoms with Gasteiger partial charge in [-0.1, -0.05) is 13.3 Å². The van der Waals surface area contributed by atoms with Crippen LogP contribution in [0, 0.1) is 6.92 Å². The molecular weight excluding hydrogens is 230 g/mol. The minimum atomic E-state index is 0.868. The minimum Gasteiger partial charge on any atom is -0.351 e. The van der Waals surface area contributed by atoms with Crippen molar-refractivity contribution >= 4 is 17.3 Å². The van der Waals surface area contributed by atoms with Crippen molar-refractivity contribution in [2.75, 3.05) is 5.32 Å². The van der Waals surface area contributed by atoms with Crippen molar-refractivity contribution in [3.63, 3.8) is 0 Å². The first-order chi connectivity index (χ1) is 8.31. The SMILES string of the molecule is CCCCn1ccnc1NCc1sccc1C. The van der Waals surface area contributed by atoms with E-state index in [9.17, 15) is 0 Å². The van der Waals surface area contributed by atoms with Crippen molar-refractivity contribution < 1.29 is 0 Å². The van der Waals surface area contributed by atoms with Crippen molar-refractivity contribution in [1.82, 2.24) is 9.55 Å². The van der Waals surface area contributed by atoms with Gasteiger partial charge in [0.15, 0.2) is 0 Å². The maximum absolute atomic E-state index is 4.35. The average Bonchev–Trinajstić information content (AvgIpc) is 2.93. The monoisotopic (exact) mass is 249 g/mol. The zero-order valence-electron chi connectivity index (χ0n) is 10.4. The Morgan fingerprint density at radius 3 is 3.06 bits per heavy atom. The summed E-state index contributed by atoms with van der Waals surface area (Å²) < 4.78 is 2.19. The second-order valence-electron chi connectivity index (χ2n) is 4.18. The number of anilines is 1. The number of nitrogens with one attached hydrogen (secondary N) is 1. The summed E-state index contributed by atoms with van der Waals surface area (Å²) in [4.78, 5) is 5.74. The molecule has 0 saturated heterocycles. The Balaban J connectivity index is 1.95. The van der Waals surface area contributed by atoms with Crippen molar-refractivity contribution in [3.05, 3.63) is 34.3 Å². The first kappa shape index (κ1) is 12.2. The molecule has 0 amide bonds. The highest BCUT2D eigenvalue weighted by atomic mass is 32.1. The summed E-state index contributed by atoms with van der Waals surface area (Å²) in [6.07, 6.45) is 6.31. The first-order valence-corrected chi connectivity index (χ1v) is 6.97. The van der Waals surface area contributed by atoms with Crippen LogP contribution in [0.1, 0.15) is 30.2 Å². The number of nitrogens with zero attached hydrogens (tertiary/aromatic N) is 2. The number of hydrogen-bond acceptors (Lipinski definition) is 3. The normalized spacial score (nSPS) is 10.7. The van der Waals surface area contributed by atoms with Crippen LogP contribution in [0.5, 0.6) is 0 Å². The summed E-state index contributed by atoms with van der Waals surface area (Å²) in [5.74, 6) is 0.978. The highest BCUT2D eigenvalue weighted by molar-refractivity contribution is 7.10. The highest BCUT2D eigenvalue weighted by Gasteiger charge is 2.03. The second-order valence-corrected chi connectivity index (χ2v) is 5.18. The molecule has 0 bridgehead atoms. The Morgan fingerprint density at radius 2 is 2.35 bits per heavy atom. The quantitative estimate of drug-likeness (QED) is 0.846. The molecule has 2 aromatic heterocycles. The van der Waals surface area contributed by atoms with Crippen LogP contribution in [0.25, 0.3) is 0 Å². The molecule has 2 aromatic rings. The average molecular weight is 249 g/mol. The van der Waals surface area contributed by atoms with Gasteiger partial charge in [0.05, 0.1) is 6.54 Å². The Hall–Kier alpha value is -1.29. The van der Waals surface area contributed by atoms with E-state index in [0.717, 1.165) is 19.0 Å². The molecular formula is C13H19N3S. The van der Waals surface area contributed by atoms with Gasteiger partial charge in [-0.2, -0.15) is 0 Å². The molecule has 4 heteroatoms. The Morgan fingerprint density at radius 1 is 1.47 bits per heavy atom. The number of imidazole rings is 1. The summed E-state index contributed by atoms with van der Waals surface area (Å²) in [5, 5.41) is 5.54. The zero-order valence-corrected chi connectivity index (χ0v) is 11.3. The fraction of sp³-hybridized carbons (Fsp3) is 0.462. The highest BCUT2D eigenvalue weighted by Crippen LogP contribution is 2.17. The van der Waals surface area contributed by atoms with Crippen LogP contribution in [0.15, 0.2) is 23.8 Å². The molecule has 1 N–H and O–H groups in total. The fourth-order valence-corrected chi connectivity index (χ4v) is 2.58. The molecule has 0 aliphatic carbocycles. The maximum atomic E-state index is 4.35. The third kappa shape index (κ3) is 3.09. The van der Waals surface area contributed by atoms with Crippen LogP contribution in [0.4, 0.5) is 5.95 Å². The Bertz CT molecular complexity index is 459. The lowest BCUT2D eigenvalue weighted by molar-refractivity contribution is 0.635. The van der Waals surface area contributed by atoms with E-state index >= 15 is 0 Å². The predicted octanol–water partition coefficient (Wildman–Crippen LogP) is 3.67. The van der Waals surface area contributed by atoms with Crippen LogP contribution in [-0.2, 0) is 13.1 Å². The third-order valence-corrected chi connectivity index (χ3v) is 3.87. The molecule has 92 valence electrons. The van der Waals surface area contributed by atoms with Gasteiger partial charge in [0.2, 0.25) is 5.95 Å². The van der Waals surface area contributed by atoms with Crippen LogP contribution in [-0.4, -0.2) is 9.55 Å². The van der Waals surface area contributed by atoms with Crippen LogP contribution >= 0.6 is 11.3 Å². The molecule has 17 heavy (non-hydrogen) atoms. The minimum absolute atomic E-state index is 0.868. The number of aromatic nitrogens is 2. The Labute approximate surface area is 107 Å². The lowest BCUT2D eigenvalue weighted by Crippen LogP contribution is -2.07. The van der Waals surface area contributed by atoms with Crippen molar-refractivity contribution in [3.8, 4) is 0 Å². The number of rotatable bonds is 6. The fourth-order valence-electron chi connectivity index (χ4n) is 1.73. The number of hydrogen-bond donors (Lipinski definition) is 1. The zero-order chi connectivity index (χ0) is 12.1. The van der Waals surface area contributed by atoms with E-state index in [0.29, 0.717) is 0 Å².